The van der Waals surface area contributed by atoms with Crippen LogP contribution in [-0.4, -0.2) is 69.6 Å². The SMILES string of the molecule is Cc1ccc(-n2c(=O)c(C(=O)Nc3ccc(Oc4ccnc(N)c4C#CCN4CCN(C)CC4)c(P)c3)cn(C(C)C)c2=O)cc1. The Labute approximate surface area is 270 Å². The van der Waals surface area contributed by atoms with E-state index in [1.54, 1.807) is 42.6 Å². The van der Waals surface area contributed by atoms with E-state index in [9.17, 15) is 14.4 Å². The molecule has 1 saturated heterocycles. The predicted molar refractivity (Wildman–Crippen MR) is 185 cm³/mol. The van der Waals surface area contributed by atoms with Crippen molar-refractivity contribution in [1.82, 2.24) is 23.9 Å². The minimum atomic E-state index is -0.703. The number of piperazine rings is 1. The van der Waals surface area contributed by atoms with E-state index in [0.29, 0.717) is 40.3 Å². The van der Waals surface area contributed by atoms with E-state index < -0.39 is 17.2 Å². The summed E-state index contributed by atoms with van der Waals surface area (Å²) in [7, 11) is 4.71. The number of aromatic nitrogens is 3. The first-order chi connectivity index (χ1) is 22.0. The number of carbonyl (C=O) groups is 1. The van der Waals surface area contributed by atoms with Crippen LogP contribution in [0.5, 0.6) is 11.5 Å². The van der Waals surface area contributed by atoms with Gasteiger partial charge < -0.3 is 20.7 Å². The third-order valence-corrected chi connectivity index (χ3v) is 8.20. The lowest BCUT2D eigenvalue weighted by molar-refractivity contribution is 0.102. The van der Waals surface area contributed by atoms with Crippen molar-refractivity contribution >= 4 is 32.0 Å². The smallest absolute Gasteiger partial charge is 0.335 e. The third-order valence-electron chi connectivity index (χ3n) is 7.75. The van der Waals surface area contributed by atoms with E-state index in [-0.39, 0.29) is 17.4 Å². The van der Waals surface area contributed by atoms with Crippen LogP contribution >= 0.6 is 9.24 Å². The topological polar surface area (TPSA) is 128 Å². The van der Waals surface area contributed by atoms with Crippen molar-refractivity contribution < 1.29 is 9.53 Å². The van der Waals surface area contributed by atoms with Crippen molar-refractivity contribution in [3.8, 4) is 29.0 Å². The van der Waals surface area contributed by atoms with Crippen LogP contribution in [0.3, 0.4) is 0 Å². The van der Waals surface area contributed by atoms with E-state index >= 15 is 0 Å². The number of amides is 1. The highest BCUT2D eigenvalue weighted by atomic mass is 31.0. The minimum Gasteiger partial charge on any atom is -0.455 e. The van der Waals surface area contributed by atoms with Gasteiger partial charge in [-0.3, -0.25) is 19.1 Å². The first-order valence-corrected chi connectivity index (χ1v) is 15.6. The maximum atomic E-state index is 13.5. The molecule has 3 heterocycles. The first kappa shape index (κ1) is 32.6. The number of benzene rings is 2. The summed E-state index contributed by atoms with van der Waals surface area (Å²) in [5.41, 5.74) is 7.10. The lowest BCUT2D eigenvalue weighted by Crippen LogP contribution is -2.44. The van der Waals surface area contributed by atoms with Gasteiger partial charge in [0, 0.05) is 61.7 Å². The highest BCUT2D eigenvalue weighted by Gasteiger charge is 2.20. The van der Waals surface area contributed by atoms with Crippen molar-refractivity contribution in [1.29, 1.82) is 0 Å². The molecule has 1 aliphatic rings. The number of aryl methyl sites for hydroxylation is 1. The minimum absolute atomic E-state index is 0.161. The van der Waals surface area contributed by atoms with Crippen molar-refractivity contribution in [2.75, 3.05) is 50.8 Å². The molecule has 1 unspecified atom stereocenters. The van der Waals surface area contributed by atoms with Gasteiger partial charge in [0.15, 0.2) is 0 Å². The van der Waals surface area contributed by atoms with Gasteiger partial charge in [-0.2, -0.15) is 0 Å². The van der Waals surface area contributed by atoms with Crippen LogP contribution in [0.25, 0.3) is 5.69 Å². The van der Waals surface area contributed by atoms with Crippen molar-refractivity contribution in [3.63, 3.8) is 0 Å². The average molecular weight is 640 g/mol. The highest BCUT2D eigenvalue weighted by Crippen LogP contribution is 2.28. The lowest BCUT2D eigenvalue weighted by atomic mass is 10.2. The molecule has 1 aliphatic heterocycles. The fraction of sp³-hybridized carbons (Fsp3) is 0.294. The third kappa shape index (κ3) is 7.37. The molecule has 1 amide bonds. The molecule has 0 spiro atoms. The number of hydrogen-bond donors (Lipinski definition) is 2. The summed E-state index contributed by atoms with van der Waals surface area (Å²) in [6, 6.07) is 13.5. The zero-order chi connectivity index (χ0) is 33.0. The Morgan fingerprint density at radius 2 is 1.78 bits per heavy atom. The Bertz CT molecular complexity index is 1930. The standard InChI is InChI=1S/C34H38N7O4P/c1-22(2)40-21-27(33(43)41(34(40)44)25-10-7-23(3)8-11-25)32(42)37-24-9-12-29(30(46)20-24)45-28-13-14-36-31(35)26(28)6-5-15-39-18-16-38(4)17-19-39/h7-14,20-22H,15-19,46H2,1-4H3,(H2,35,36)(H,37,42). The Morgan fingerprint density at radius 1 is 1.07 bits per heavy atom. The van der Waals surface area contributed by atoms with Crippen LogP contribution in [0.2, 0.25) is 0 Å². The molecular weight excluding hydrogens is 601 g/mol. The summed E-state index contributed by atoms with van der Waals surface area (Å²) in [5.74, 6) is 6.95. The average Bonchev–Trinajstić information content (AvgIpc) is 3.01. The van der Waals surface area contributed by atoms with Crippen LogP contribution in [0.15, 0.2) is 70.5 Å². The monoisotopic (exact) mass is 639 g/mol. The summed E-state index contributed by atoms with van der Waals surface area (Å²) in [5, 5.41) is 3.44. The number of hydrogen-bond acceptors (Lipinski definition) is 8. The molecule has 0 radical (unpaired) electrons. The van der Waals surface area contributed by atoms with Crippen molar-refractivity contribution in [2.24, 2.45) is 0 Å². The molecule has 238 valence electrons. The summed E-state index contributed by atoms with van der Waals surface area (Å²) in [6.07, 6.45) is 2.88. The van der Waals surface area contributed by atoms with Gasteiger partial charge in [0.2, 0.25) is 0 Å². The molecule has 2 aromatic heterocycles. The molecule has 0 bridgehead atoms. The van der Waals surface area contributed by atoms with Crippen LogP contribution in [0.4, 0.5) is 11.5 Å². The van der Waals surface area contributed by atoms with Gasteiger partial charge in [-0.25, -0.2) is 14.3 Å². The van der Waals surface area contributed by atoms with E-state index in [2.05, 4.69) is 48.2 Å². The number of nitrogen functional groups attached to an aromatic ring is 1. The van der Waals surface area contributed by atoms with Crippen LogP contribution in [0, 0.1) is 18.8 Å². The summed E-state index contributed by atoms with van der Waals surface area (Å²) in [6.45, 7) is 10.1. The molecule has 3 N–H and O–H groups in total. The maximum Gasteiger partial charge on any atom is 0.335 e. The molecule has 2 aromatic carbocycles. The number of rotatable bonds is 7. The van der Waals surface area contributed by atoms with E-state index in [1.165, 1.54) is 10.8 Å². The highest BCUT2D eigenvalue weighted by molar-refractivity contribution is 7.27. The van der Waals surface area contributed by atoms with E-state index in [0.717, 1.165) is 36.3 Å². The quantitative estimate of drug-likeness (QED) is 0.234. The Morgan fingerprint density at radius 3 is 2.46 bits per heavy atom. The number of likely N-dealkylation sites (N-methyl/N-ethyl adjacent to an activating group) is 1. The number of anilines is 2. The molecule has 12 heteroatoms. The second-order valence-corrected chi connectivity index (χ2v) is 12.2. The fourth-order valence-electron chi connectivity index (χ4n) is 4.97. The zero-order valence-electron chi connectivity index (χ0n) is 26.4. The largest absolute Gasteiger partial charge is 0.455 e. The lowest BCUT2D eigenvalue weighted by Gasteiger charge is -2.30. The number of carbonyl (C=O) groups excluding carboxylic acids is 1. The predicted octanol–water partition coefficient (Wildman–Crippen LogP) is 3.01. The van der Waals surface area contributed by atoms with Crippen LogP contribution in [-0.2, 0) is 0 Å². The summed E-state index contributed by atoms with van der Waals surface area (Å²) in [4.78, 5) is 48.9. The van der Waals surface area contributed by atoms with E-state index in [4.69, 9.17) is 10.5 Å². The van der Waals surface area contributed by atoms with Crippen LogP contribution < -0.4 is 32.3 Å². The summed E-state index contributed by atoms with van der Waals surface area (Å²) >= 11 is 0. The summed E-state index contributed by atoms with van der Waals surface area (Å²) < 4.78 is 8.60. The number of ether oxygens (including phenoxy) is 1. The second-order valence-electron chi connectivity index (χ2n) is 11.6. The normalized spacial score (nSPS) is 13.7. The van der Waals surface area contributed by atoms with E-state index in [1.807, 2.05) is 32.9 Å². The van der Waals surface area contributed by atoms with Crippen LogP contribution in [0.1, 0.15) is 41.4 Å². The van der Waals surface area contributed by atoms with Gasteiger partial charge >= 0.3 is 5.69 Å². The molecule has 5 rings (SSSR count). The van der Waals surface area contributed by atoms with Gasteiger partial charge in [0.05, 0.1) is 12.2 Å². The fourth-order valence-corrected chi connectivity index (χ4v) is 5.31. The molecule has 1 atom stereocenters. The Balaban J connectivity index is 1.36. The second kappa shape index (κ2) is 14.1. The van der Waals surface area contributed by atoms with Gasteiger partial charge in [0.25, 0.3) is 11.5 Å². The number of pyridine rings is 1. The number of nitrogens with zero attached hydrogens (tertiary/aromatic N) is 5. The Kier molecular flexibility index (Phi) is 10.0. The number of nitrogens with two attached hydrogens (primary N) is 1. The van der Waals surface area contributed by atoms with Gasteiger partial charge in [-0.15, -0.1) is 9.24 Å². The first-order valence-electron chi connectivity index (χ1n) is 15.0. The molecule has 46 heavy (non-hydrogen) atoms. The molecular formula is C34H38N7O4P. The van der Waals surface area contributed by atoms with Gasteiger partial charge in [0.1, 0.15) is 28.4 Å². The Hall–Kier alpha value is -4.75. The molecule has 4 aromatic rings. The molecule has 0 aliphatic carbocycles. The molecule has 0 saturated carbocycles. The zero-order valence-corrected chi connectivity index (χ0v) is 27.6. The van der Waals surface area contributed by atoms with Crippen molar-refractivity contribution in [2.45, 2.75) is 26.8 Å². The van der Waals surface area contributed by atoms with Gasteiger partial charge in [-0.05, 0) is 58.2 Å². The molecule has 1 fully saturated rings. The van der Waals surface area contributed by atoms with Gasteiger partial charge in [-0.1, -0.05) is 29.5 Å². The van der Waals surface area contributed by atoms with Crippen molar-refractivity contribution in [3.05, 3.63) is 98.5 Å². The maximum absolute atomic E-state index is 13.5. The number of nitrogens with one attached hydrogen (secondary N) is 1. The molecule has 11 nitrogen and oxygen atoms in total.